The van der Waals surface area contributed by atoms with Gasteiger partial charge in [-0.25, -0.2) is 0 Å². The van der Waals surface area contributed by atoms with E-state index in [0.29, 0.717) is 13.1 Å². The van der Waals surface area contributed by atoms with Gasteiger partial charge in [0.15, 0.2) is 0 Å². The van der Waals surface area contributed by atoms with E-state index in [2.05, 4.69) is 0 Å². The molecule has 1 aromatic rings. The van der Waals surface area contributed by atoms with Gasteiger partial charge < -0.3 is 31.3 Å². The Kier molecular flexibility index (Phi) is 26.8. The van der Waals surface area contributed by atoms with Crippen LogP contribution in [0.2, 0.25) is 0 Å². The number of carboxylic acids is 2. The molecule has 0 spiro atoms. The fourth-order valence-corrected chi connectivity index (χ4v) is 1.09. The molecule has 0 fully saturated rings. The van der Waals surface area contributed by atoms with Gasteiger partial charge in [-0.05, 0) is 13.8 Å². The summed E-state index contributed by atoms with van der Waals surface area (Å²) in [6, 6.07) is 4.98. The van der Waals surface area contributed by atoms with E-state index in [4.69, 9.17) is 41.5 Å². The molecule has 0 saturated carbocycles. The summed E-state index contributed by atoms with van der Waals surface area (Å²) < 4.78 is 0.829. The third-order valence-electron chi connectivity index (χ3n) is 1.38. The number of para-hydroxylation sites is 1. The minimum absolute atomic E-state index is 0. The smallest absolute Gasteiger partial charge is 2.00 e. The summed E-state index contributed by atoms with van der Waals surface area (Å²) in [6.45, 7) is 3.14. The van der Waals surface area contributed by atoms with Crippen molar-refractivity contribution in [2.75, 3.05) is 13.1 Å². The zero-order chi connectivity index (χ0) is 17.4. The Bertz CT molecular complexity index is 378. The van der Waals surface area contributed by atoms with Gasteiger partial charge in [-0.1, -0.05) is 0 Å². The number of benzene rings is 1. The number of nitrogens with two attached hydrogens (primary N) is 2. The van der Waals surface area contributed by atoms with Crippen LogP contribution in [0.15, 0.2) is 18.2 Å². The molecule has 0 atom stereocenters. The van der Waals surface area contributed by atoms with Crippen LogP contribution in [0.5, 0.6) is 11.5 Å². The number of carbonyl (C=O) groups excluding carboxylic acids is 2. The van der Waals surface area contributed by atoms with Crippen molar-refractivity contribution in [3.8, 4) is 11.5 Å². The molecule has 0 radical (unpaired) electrons. The van der Waals surface area contributed by atoms with E-state index in [0.717, 1.165) is 44.6 Å². The number of aliphatic carboxylic acids is 2. The standard InChI is InChI=1S/C6H5O2.C2H8N2.2C2H4O2.Fe.Na/c7-5-3-1-2-4-6(5)8;3-1-2-4;2*1-2(3)4;;/h1-3,7-8H;1-4H2;2*1H3,(H,3,4);;/q;;;;+2;/p-2. The Morgan fingerprint density at radius 3 is 1.59 bits per heavy atom. The molecule has 0 unspecified atom stereocenters. The molecule has 0 aliphatic rings. The average Bonchev–Trinajstić information content (AvgIpc) is 2.35. The summed E-state index contributed by atoms with van der Waals surface area (Å²) in [4.78, 5) is 17.8. The van der Waals surface area contributed by atoms with Crippen molar-refractivity contribution >= 4 is 42.7 Å². The molecule has 122 valence electrons. The molecule has 0 aliphatic heterocycles. The molecule has 0 heterocycles. The van der Waals surface area contributed by atoms with Crippen LogP contribution in [0, 0.1) is 0 Å². The first-order valence-corrected chi connectivity index (χ1v) is 6.82. The van der Waals surface area contributed by atoms with Gasteiger partial charge in [-0.2, -0.15) is 0 Å². The molecule has 10 heteroatoms. The largest absolute Gasteiger partial charge is 2.00 e. The molecule has 1 aromatic carbocycles. The Labute approximate surface area is 157 Å². The van der Waals surface area contributed by atoms with E-state index in [1.54, 1.807) is 12.1 Å². The maximum atomic E-state index is 8.99. The molecule has 8 nitrogen and oxygen atoms in total. The van der Waals surface area contributed by atoms with Crippen LogP contribution in [-0.2, 0) is 26.7 Å². The van der Waals surface area contributed by atoms with E-state index in [1.165, 1.54) is 6.07 Å². The van der Waals surface area contributed by atoms with Crippen molar-refractivity contribution in [2.45, 2.75) is 13.8 Å². The van der Waals surface area contributed by atoms with Crippen LogP contribution in [-0.4, -0.2) is 63.2 Å². The second kappa shape index (κ2) is 20.2. The van der Waals surface area contributed by atoms with E-state index in [1.807, 2.05) is 0 Å². The van der Waals surface area contributed by atoms with Crippen LogP contribution in [0.1, 0.15) is 13.8 Å². The first-order valence-electron chi connectivity index (χ1n) is 5.82. The van der Waals surface area contributed by atoms with Gasteiger partial charge in [0.1, 0.15) is 0 Å². The summed E-state index contributed by atoms with van der Waals surface area (Å²) in [5, 5.41) is 35.6. The summed E-state index contributed by atoms with van der Waals surface area (Å²) in [6.07, 6.45) is 0. The van der Waals surface area contributed by atoms with Gasteiger partial charge in [-0.15, -0.1) is 0 Å². The maximum Gasteiger partial charge on any atom is 2.00 e. The predicted molar refractivity (Wildman–Crippen MR) is 74.6 cm³/mol. The Morgan fingerprint density at radius 1 is 1.09 bits per heavy atom. The fraction of sp³-hybridized carbons (Fsp3) is 0.333. The third-order valence-corrected chi connectivity index (χ3v) is 2.19. The molecular weight excluding hydrogens is 347 g/mol. The fourth-order valence-electron chi connectivity index (χ4n) is 0.643. The SMILES string of the molecule is CC(=O)[O-].CC(=O)[O-].NCCN.Oc1ccc[c]([Na])c1O.[Fe+2]. The topological polar surface area (TPSA) is 173 Å². The molecule has 1 rings (SSSR count). The van der Waals surface area contributed by atoms with Crippen molar-refractivity contribution in [1.82, 2.24) is 0 Å². The zero-order valence-electron chi connectivity index (χ0n) is 12.7. The number of phenols is 2. The van der Waals surface area contributed by atoms with Crippen molar-refractivity contribution in [1.29, 1.82) is 0 Å². The first-order chi connectivity index (χ1) is 9.59. The van der Waals surface area contributed by atoms with Gasteiger partial charge in [0.05, 0.1) is 0 Å². The molecule has 6 N–H and O–H groups in total. The molecule has 0 amide bonds. The van der Waals surface area contributed by atoms with Gasteiger partial charge in [0.25, 0.3) is 0 Å². The van der Waals surface area contributed by atoms with Crippen molar-refractivity contribution in [3.05, 3.63) is 18.2 Å². The number of hydrogen-bond acceptors (Lipinski definition) is 8. The van der Waals surface area contributed by atoms with Gasteiger partial charge >= 0.3 is 87.7 Å². The molecule has 0 bridgehead atoms. The second-order valence-electron chi connectivity index (χ2n) is 3.50. The zero-order valence-corrected chi connectivity index (χ0v) is 15.8. The first kappa shape index (κ1) is 29.2. The van der Waals surface area contributed by atoms with Gasteiger partial charge in [-0.3, -0.25) is 0 Å². The quantitative estimate of drug-likeness (QED) is 0.290. The van der Waals surface area contributed by atoms with E-state index < -0.39 is 11.9 Å². The van der Waals surface area contributed by atoms with Crippen LogP contribution < -0.4 is 24.5 Å². The van der Waals surface area contributed by atoms with Crippen molar-refractivity contribution in [3.63, 3.8) is 0 Å². The van der Waals surface area contributed by atoms with E-state index in [-0.39, 0.29) is 28.6 Å². The number of rotatable bonds is 1. The minimum atomic E-state index is -1.08. The Balaban J connectivity index is -0.000000107. The minimum Gasteiger partial charge on any atom is 2.00 e. The number of aromatic hydroxyl groups is 2. The van der Waals surface area contributed by atoms with Crippen LogP contribution in [0.3, 0.4) is 0 Å². The van der Waals surface area contributed by atoms with E-state index in [9.17, 15) is 0 Å². The summed E-state index contributed by atoms with van der Waals surface area (Å²) in [7, 11) is 0. The van der Waals surface area contributed by atoms with Crippen molar-refractivity contribution in [2.24, 2.45) is 11.5 Å². The molecule has 0 aliphatic carbocycles. The predicted octanol–water partition coefficient (Wildman–Crippen LogP) is -3.69. The number of carboxylic acid groups (broad SMARTS) is 2. The second-order valence-corrected chi connectivity index (χ2v) is 4.58. The molecule has 22 heavy (non-hydrogen) atoms. The third kappa shape index (κ3) is 31.5. The van der Waals surface area contributed by atoms with Crippen LogP contribution in [0.25, 0.3) is 0 Å². The maximum absolute atomic E-state index is 8.99. The monoisotopic (exact) mass is 366 g/mol. The average molecular weight is 366 g/mol. The van der Waals surface area contributed by atoms with Gasteiger partial charge in [0, 0.05) is 25.0 Å². The molecular formula is C12H19FeN2NaO6. The number of phenolic OH excluding ortho intramolecular Hbond substituents is 2. The Hall–Kier alpha value is -0.801. The van der Waals surface area contributed by atoms with Gasteiger partial charge in [0.2, 0.25) is 0 Å². The number of carbonyl (C=O) groups is 2. The van der Waals surface area contributed by atoms with Crippen LogP contribution >= 0.6 is 0 Å². The van der Waals surface area contributed by atoms with E-state index >= 15 is 0 Å². The van der Waals surface area contributed by atoms with Crippen molar-refractivity contribution < 1.29 is 47.1 Å². The molecule has 0 aromatic heterocycles. The Morgan fingerprint density at radius 2 is 1.41 bits per heavy atom. The summed E-state index contributed by atoms with van der Waals surface area (Å²) in [5.41, 5.74) is 9.81. The molecule has 0 saturated heterocycles. The summed E-state index contributed by atoms with van der Waals surface area (Å²) >= 11 is 0.765. The van der Waals surface area contributed by atoms with Crippen LogP contribution in [0.4, 0.5) is 0 Å². The normalized spacial score (nSPS) is 7.55. The summed E-state index contributed by atoms with van der Waals surface area (Å²) in [5.74, 6) is -2.16. The number of hydrogen-bond donors (Lipinski definition) is 4.